The van der Waals surface area contributed by atoms with E-state index >= 15 is 0 Å². The van der Waals surface area contributed by atoms with Gasteiger partial charge in [-0.15, -0.1) is 0 Å². The summed E-state index contributed by atoms with van der Waals surface area (Å²) in [7, 11) is 0. The van der Waals surface area contributed by atoms with E-state index in [9.17, 15) is 13.6 Å². The minimum atomic E-state index is -2.74. The van der Waals surface area contributed by atoms with Gasteiger partial charge >= 0.3 is 0 Å². The maximum absolute atomic E-state index is 12.4. The van der Waals surface area contributed by atoms with E-state index < -0.39 is 24.9 Å². The highest BCUT2D eigenvalue weighted by Gasteiger charge is 2.46. The van der Waals surface area contributed by atoms with E-state index in [-0.39, 0.29) is 5.69 Å². The van der Waals surface area contributed by atoms with Crippen LogP contribution in [0.3, 0.4) is 0 Å². The van der Waals surface area contributed by atoms with E-state index in [2.05, 4.69) is 9.68 Å². The highest BCUT2D eigenvalue weighted by atomic mass is 19.3. The summed E-state index contributed by atoms with van der Waals surface area (Å²) < 4.78 is 29.1. The van der Waals surface area contributed by atoms with Crippen molar-refractivity contribution in [2.75, 3.05) is 13.1 Å². The Labute approximate surface area is 72.1 Å². The molecule has 0 unspecified atom stereocenters. The van der Waals surface area contributed by atoms with Crippen molar-refractivity contribution in [1.82, 2.24) is 10.1 Å². The van der Waals surface area contributed by atoms with Crippen molar-refractivity contribution in [3.8, 4) is 0 Å². The lowest BCUT2D eigenvalue weighted by molar-refractivity contribution is -0.113. The second-order valence-electron chi connectivity index (χ2n) is 2.90. The van der Waals surface area contributed by atoms with Crippen LogP contribution in [-0.2, 0) is 0 Å². The zero-order valence-electron chi connectivity index (χ0n) is 6.54. The van der Waals surface area contributed by atoms with Crippen molar-refractivity contribution in [3.63, 3.8) is 0 Å². The molecule has 13 heavy (non-hydrogen) atoms. The van der Waals surface area contributed by atoms with E-state index in [1.54, 1.807) is 0 Å². The Bertz CT molecular complexity index is 315. The van der Waals surface area contributed by atoms with Crippen LogP contribution in [0.25, 0.3) is 0 Å². The Morgan fingerprint density at radius 3 is 2.77 bits per heavy atom. The van der Waals surface area contributed by atoms with Crippen molar-refractivity contribution in [1.29, 1.82) is 0 Å². The Morgan fingerprint density at radius 1 is 1.62 bits per heavy atom. The van der Waals surface area contributed by atoms with Crippen LogP contribution in [0.2, 0.25) is 0 Å². The van der Waals surface area contributed by atoms with Gasteiger partial charge in [0, 0.05) is 6.07 Å². The van der Waals surface area contributed by atoms with Crippen molar-refractivity contribution in [2.24, 2.45) is 0 Å². The molecule has 0 radical (unpaired) electrons. The molecule has 0 atom stereocenters. The molecule has 0 aromatic carbocycles. The van der Waals surface area contributed by atoms with E-state index in [4.69, 9.17) is 0 Å². The van der Waals surface area contributed by atoms with Crippen LogP contribution in [0, 0.1) is 0 Å². The van der Waals surface area contributed by atoms with E-state index in [0.29, 0.717) is 0 Å². The molecule has 70 valence electrons. The highest BCUT2D eigenvalue weighted by Crippen LogP contribution is 2.27. The predicted octanol–water partition coefficient (Wildman–Crippen LogP) is 0.766. The lowest BCUT2D eigenvalue weighted by Gasteiger charge is -2.37. The Balaban J connectivity index is 2.02. The summed E-state index contributed by atoms with van der Waals surface area (Å²) in [4.78, 5) is 12.3. The average Bonchev–Trinajstić information content (AvgIpc) is 2.50. The third-order valence-electron chi connectivity index (χ3n) is 1.79. The fourth-order valence-corrected chi connectivity index (χ4v) is 1.14. The molecule has 1 aliphatic heterocycles. The van der Waals surface area contributed by atoms with Gasteiger partial charge in [-0.05, 0) is 0 Å². The van der Waals surface area contributed by atoms with Crippen LogP contribution in [-0.4, -0.2) is 35.0 Å². The van der Waals surface area contributed by atoms with Gasteiger partial charge in [-0.1, -0.05) is 5.16 Å². The number of alkyl halides is 2. The monoisotopic (exact) mass is 188 g/mol. The lowest BCUT2D eigenvalue weighted by Crippen LogP contribution is -2.58. The standard InChI is InChI=1S/C7H6F2N2O2/c8-7(9)3-11(4-7)6(12)5-1-2-13-10-5/h1-2H,3-4H2. The quantitative estimate of drug-likeness (QED) is 0.653. The molecule has 1 aliphatic rings. The molecule has 1 amide bonds. The first kappa shape index (κ1) is 8.15. The summed E-state index contributed by atoms with van der Waals surface area (Å²) in [6, 6.07) is 1.35. The molecule has 1 aromatic heterocycles. The first-order chi connectivity index (χ1) is 6.08. The summed E-state index contributed by atoms with van der Waals surface area (Å²) in [5.41, 5.74) is 0.0653. The topological polar surface area (TPSA) is 46.3 Å². The second-order valence-corrected chi connectivity index (χ2v) is 2.90. The van der Waals surface area contributed by atoms with Gasteiger partial charge in [-0.3, -0.25) is 4.79 Å². The number of rotatable bonds is 1. The molecule has 0 aliphatic carbocycles. The third kappa shape index (κ3) is 1.39. The summed E-state index contributed by atoms with van der Waals surface area (Å²) in [6.07, 6.45) is 1.23. The van der Waals surface area contributed by atoms with Gasteiger partial charge < -0.3 is 9.42 Å². The summed E-state index contributed by atoms with van der Waals surface area (Å²) in [5, 5.41) is 3.36. The van der Waals surface area contributed by atoms with Crippen LogP contribution in [0.15, 0.2) is 16.9 Å². The van der Waals surface area contributed by atoms with Gasteiger partial charge in [0.25, 0.3) is 11.8 Å². The predicted molar refractivity (Wildman–Crippen MR) is 37.4 cm³/mol. The molecule has 0 N–H and O–H groups in total. The Kier molecular flexibility index (Phi) is 1.58. The summed E-state index contributed by atoms with van der Waals surface area (Å²) >= 11 is 0. The second kappa shape index (κ2) is 2.51. The lowest BCUT2D eigenvalue weighted by atomic mass is 10.1. The van der Waals surface area contributed by atoms with Crippen LogP contribution in [0.1, 0.15) is 10.5 Å². The smallest absolute Gasteiger partial charge is 0.282 e. The van der Waals surface area contributed by atoms with Gasteiger partial charge in [-0.2, -0.15) is 0 Å². The zero-order valence-corrected chi connectivity index (χ0v) is 6.54. The van der Waals surface area contributed by atoms with Crippen molar-refractivity contribution >= 4 is 5.91 Å². The molecule has 2 rings (SSSR count). The number of hydrogen-bond acceptors (Lipinski definition) is 3. The van der Waals surface area contributed by atoms with Crippen molar-refractivity contribution in [3.05, 3.63) is 18.0 Å². The molecule has 1 fully saturated rings. The first-order valence-corrected chi connectivity index (χ1v) is 3.66. The molecule has 0 saturated carbocycles. The van der Waals surface area contributed by atoms with Crippen LogP contribution in [0.5, 0.6) is 0 Å². The third-order valence-corrected chi connectivity index (χ3v) is 1.79. The minimum absolute atomic E-state index is 0.0653. The van der Waals surface area contributed by atoms with E-state index in [1.807, 2.05) is 0 Å². The number of aromatic nitrogens is 1. The van der Waals surface area contributed by atoms with Crippen molar-refractivity contribution in [2.45, 2.75) is 5.92 Å². The number of nitrogens with zero attached hydrogens (tertiary/aromatic N) is 2. The molecule has 1 aromatic rings. The Morgan fingerprint density at radius 2 is 2.31 bits per heavy atom. The van der Waals surface area contributed by atoms with Crippen LogP contribution < -0.4 is 0 Å². The van der Waals surface area contributed by atoms with Crippen LogP contribution >= 0.6 is 0 Å². The van der Waals surface area contributed by atoms with Gasteiger partial charge in [0.1, 0.15) is 6.26 Å². The number of amides is 1. The molecular weight excluding hydrogens is 182 g/mol. The fourth-order valence-electron chi connectivity index (χ4n) is 1.14. The first-order valence-electron chi connectivity index (χ1n) is 3.66. The molecule has 2 heterocycles. The van der Waals surface area contributed by atoms with Gasteiger partial charge in [-0.25, -0.2) is 8.78 Å². The largest absolute Gasteiger partial charge is 0.364 e. The number of hydrogen-bond donors (Lipinski definition) is 0. The van der Waals surface area contributed by atoms with Gasteiger partial charge in [0.2, 0.25) is 0 Å². The number of halogens is 2. The molecular formula is C7H6F2N2O2. The normalized spacial score (nSPS) is 19.7. The molecule has 4 nitrogen and oxygen atoms in total. The minimum Gasteiger partial charge on any atom is -0.364 e. The van der Waals surface area contributed by atoms with Gasteiger partial charge in [0.05, 0.1) is 13.1 Å². The SMILES string of the molecule is O=C(c1ccon1)N1CC(F)(F)C1. The van der Waals surface area contributed by atoms with E-state index in [0.717, 1.165) is 4.90 Å². The Hall–Kier alpha value is -1.46. The maximum Gasteiger partial charge on any atom is 0.282 e. The molecule has 0 spiro atoms. The number of carbonyl (C=O) groups excluding carboxylic acids is 1. The summed E-state index contributed by atoms with van der Waals surface area (Å²) in [5.74, 6) is -3.25. The highest BCUT2D eigenvalue weighted by molar-refractivity contribution is 5.92. The summed E-state index contributed by atoms with van der Waals surface area (Å²) in [6.45, 7) is -1.06. The number of carbonyl (C=O) groups is 1. The molecule has 0 bridgehead atoms. The zero-order chi connectivity index (χ0) is 9.47. The molecule has 6 heteroatoms. The van der Waals surface area contributed by atoms with Crippen LogP contribution in [0.4, 0.5) is 8.78 Å². The number of likely N-dealkylation sites (tertiary alicyclic amines) is 1. The average molecular weight is 188 g/mol. The fraction of sp³-hybridized carbons (Fsp3) is 0.429. The van der Waals surface area contributed by atoms with Gasteiger partial charge in [0.15, 0.2) is 5.69 Å². The van der Waals surface area contributed by atoms with E-state index in [1.165, 1.54) is 12.3 Å². The molecule has 1 saturated heterocycles. The maximum atomic E-state index is 12.4. The van der Waals surface area contributed by atoms with Crippen molar-refractivity contribution < 1.29 is 18.1 Å².